The monoisotopic (exact) mass is 345 g/mol. The van der Waals surface area contributed by atoms with Crippen LogP contribution in [-0.2, 0) is 4.74 Å². The lowest BCUT2D eigenvalue weighted by atomic mass is 9.95. The van der Waals surface area contributed by atoms with Gasteiger partial charge in [-0.05, 0) is 25.3 Å². The summed E-state index contributed by atoms with van der Waals surface area (Å²) in [5, 5.41) is 6.36. The van der Waals surface area contributed by atoms with E-state index >= 15 is 0 Å². The first-order valence-corrected chi connectivity index (χ1v) is 9.68. The lowest BCUT2D eigenvalue weighted by Gasteiger charge is -2.38. The normalized spacial score (nSPS) is 22.1. The van der Waals surface area contributed by atoms with E-state index in [-0.39, 0.29) is 18.1 Å². The molecule has 1 heterocycles. The Kier molecular flexibility index (Phi) is 6.70. The van der Waals surface area contributed by atoms with E-state index in [1.54, 1.807) is 0 Å². The van der Waals surface area contributed by atoms with E-state index in [4.69, 9.17) is 4.74 Å². The Morgan fingerprint density at radius 2 is 1.80 bits per heavy atom. The van der Waals surface area contributed by atoms with E-state index in [0.29, 0.717) is 6.04 Å². The zero-order valence-corrected chi connectivity index (χ0v) is 15.2. The largest absolute Gasteiger partial charge is 0.379 e. The third-order valence-corrected chi connectivity index (χ3v) is 5.35. The molecule has 1 aliphatic carbocycles. The van der Waals surface area contributed by atoms with Gasteiger partial charge in [-0.3, -0.25) is 4.90 Å². The third kappa shape index (κ3) is 5.19. The molecular formula is C20H31N3O2. The summed E-state index contributed by atoms with van der Waals surface area (Å²) in [6, 6.07) is 11.0. The van der Waals surface area contributed by atoms with Gasteiger partial charge in [-0.15, -0.1) is 0 Å². The minimum absolute atomic E-state index is 0.0316. The molecule has 1 aromatic carbocycles. The van der Waals surface area contributed by atoms with Crippen LogP contribution in [0.3, 0.4) is 0 Å². The molecule has 1 saturated heterocycles. The lowest BCUT2D eigenvalue weighted by Crippen LogP contribution is -2.52. The zero-order chi connectivity index (χ0) is 17.5. The molecule has 3 rings (SSSR count). The Hall–Kier alpha value is -1.59. The minimum atomic E-state index is -0.0337. The smallest absolute Gasteiger partial charge is 0.315 e. The van der Waals surface area contributed by atoms with Crippen molar-refractivity contribution in [1.82, 2.24) is 15.5 Å². The Balaban J connectivity index is 1.63. The Morgan fingerprint density at radius 3 is 2.48 bits per heavy atom. The first kappa shape index (κ1) is 18.2. The summed E-state index contributed by atoms with van der Waals surface area (Å²) < 4.78 is 5.51. The topological polar surface area (TPSA) is 53.6 Å². The van der Waals surface area contributed by atoms with Gasteiger partial charge in [-0.25, -0.2) is 4.79 Å². The number of nitrogens with one attached hydrogen (secondary N) is 2. The van der Waals surface area contributed by atoms with Crippen molar-refractivity contribution in [2.75, 3.05) is 26.3 Å². The highest BCUT2D eigenvalue weighted by molar-refractivity contribution is 5.74. The standard InChI is InChI=1S/C20H31N3O2/c1-16(21-20(24)22-18-10-6-3-7-11-18)19(17-8-4-2-5-9-17)23-12-14-25-15-13-23/h2,4-5,8-9,16,18-19H,3,6-7,10-15H2,1H3,(H2,21,22,24). The predicted octanol–water partition coefficient (Wildman–Crippen LogP) is 3.08. The highest BCUT2D eigenvalue weighted by Gasteiger charge is 2.29. The first-order valence-electron chi connectivity index (χ1n) is 9.68. The quantitative estimate of drug-likeness (QED) is 0.862. The molecule has 5 heteroatoms. The van der Waals surface area contributed by atoms with Crippen LogP contribution in [0.25, 0.3) is 0 Å². The van der Waals surface area contributed by atoms with E-state index in [1.807, 2.05) is 6.07 Å². The fourth-order valence-electron chi connectivity index (χ4n) is 4.08. The number of hydrogen-bond acceptors (Lipinski definition) is 3. The van der Waals surface area contributed by atoms with Crippen LogP contribution in [0.5, 0.6) is 0 Å². The molecular weight excluding hydrogens is 314 g/mol. The van der Waals surface area contributed by atoms with Crippen LogP contribution in [0.15, 0.2) is 30.3 Å². The van der Waals surface area contributed by atoms with Gasteiger partial charge >= 0.3 is 6.03 Å². The maximum absolute atomic E-state index is 12.5. The summed E-state index contributed by atoms with van der Waals surface area (Å²) in [7, 11) is 0. The van der Waals surface area contributed by atoms with E-state index in [9.17, 15) is 4.79 Å². The average molecular weight is 345 g/mol. The maximum Gasteiger partial charge on any atom is 0.315 e. The molecule has 2 unspecified atom stereocenters. The van der Waals surface area contributed by atoms with Crippen LogP contribution < -0.4 is 10.6 Å². The van der Waals surface area contributed by atoms with Gasteiger partial charge in [0.25, 0.3) is 0 Å². The summed E-state index contributed by atoms with van der Waals surface area (Å²) in [5.74, 6) is 0. The molecule has 25 heavy (non-hydrogen) atoms. The summed E-state index contributed by atoms with van der Waals surface area (Å²) in [5.41, 5.74) is 1.25. The second-order valence-electron chi connectivity index (χ2n) is 7.25. The van der Waals surface area contributed by atoms with Crippen molar-refractivity contribution in [3.8, 4) is 0 Å². The molecule has 1 saturated carbocycles. The maximum atomic E-state index is 12.5. The molecule has 0 bridgehead atoms. The van der Waals surface area contributed by atoms with Gasteiger partial charge in [0.1, 0.15) is 0 Å². The van der Waals surface area contributed by atoms with E-state index in [2.05, 4.69) is 46.7 Å². The first-order chi connectivity index (χ1) is 12.2. The number of morpholine rings is 1. The second kappa shape index (κ2) is 9.20. The predicted molar refractivity (Wildman–Crippen MR) is 99.6 cm³/mol. The summed E-state index contributed by atoms with van der Waals surface area (Å²) in [4.78, 5) is 14.9. The molecule has 2 N–H and O–H groups in total. The molecule has 2 fully saturated rings. The van der Waals surface area contributed by atoms with Gasteiger partial charge < -0.3 is 15.4 Å². The summed E-state index contributed by atoms with van der Waals surface area (Å²) >= 11 is 0. The second-order valence-corrected chi connectivity index (χ2v) is 7.25. The average Bonchev–Trinajstić information content (AvgIpc) is 2.64. The number of nitrogens with zero attached hydrogens (tertiary/aromatic N) is 1. The number of benzene rings is 1. The van der Waals surface area contributed by atoms with Crippen LogP contribution >= 0.6 is 0 Å². The van der Waals surface area contributed by atoms with Crippen LogP contribution in [0.2, 0.25) is 0 Å². The van der Waals surface area contributed by atoms with Crippen molar-refractivity contribution < 1.29 is 9.53 Å². The number of carbonyl (C=O) groups is 1. The van der Waals surface area contributed by atoms with Crippen LogP contribution in [0.4, 0.5) is 4.79 Å². The highest BCUT2D eigenvalue weighted by atomic mass is 16.5. The number of rotatable bonds is 5. The van der Waals surface area contributed by atoms with Crippen molar-refractivity contribution in [3.05, 3.63) is 35.9 Å². The molecule has 2 aliphatic rings. The van der Waals surface area contributed by atoms with E-state index < -0.39 is 0 Å². The number of carbonyl (C=O) groups excluding carboxylic acids is 1. The van der Waals surface area contributed by atoms with Crippen molar-refractivity contribution >= 4 is 6.03 Å². The van der Waals surface area contributed by atoms with Gasteiger partial charge in [-0.1, -0.05) is 49.6 Å². The number of amides is 2. The van der Waals surface area contributed by atoms with Gasteiger partial charge in [-0.2, -0.15) is 0 Å². The Morgan fingerprint density at radius 1 is 1.12 bits per heavy atom. The van der Waals surface area contributed by atoms with Gasteiger partial charge in [0.2, 0.25) is 0 Å². The lowest BCUT2D eigenvalue weighted by molar-refractivity contribution is 0.00958. The van der Waals surface area contributed by atoms with Crippen molar-refractivity contribution in [3.63, 3.8) is 0 Å². The Bertz CT molecular complexity index is 525. The van der Waals surface area contributed by atoms with Crippen LogP contribution in [0, 0.1) is 0 Å². The van der Waals surface area contributed by atoms with Crippen molar-refractivity contribution in [2.45, 2.75) is 57.2 Å². The summed E-state index contributed by atoms with van der Waals surface area (Å²) in [6.07, 6.45) is 5.95. The van der Waals surface area contributed by atoms with E-state index in [0.717, 1.165) is 39.1 Å². The molecule has 138 valence electrons. The molecule has 2 atom stereocenters. The minimum Gasteiger partial charge on any atom is -0.379 e. The number of ether oxygens (including phenoxy) is 1. The SMILES string of the molecule is CC(NC(=O)NC1CCCCC1)C(c1ccccc1)N1CCOCC1. The zero-order valence-electron chi connectivity index (χ0n) is 15.2. The molecule has 0 radical (unpaired) electrons. The molecule has 0 spiro atoms. The van der Waals surface area contributed by atoms with Crippen molar-refractivity contribution in [2.24, 2.45) is 0 Å². The van der Waals surface area contributed by atoms with Gasteiger partial charge in [0, 0.05) is 25.2 Å². The molecule has 5 nitrogen and oxygen atoms in total. The molecule has 1 aliphatic heterocycles. The molecule has 2 amide bonds. The number of urea groups is 1. The third-order valence-electron chi connectivity index (χ3n) is 5.35. The summed E-state index contributed by atoms with van der Waals surface area (Å²) in [6.45, 7) is 5.41. The van der Waals surface area contributed by atoms with E-state index in [1.165, 1.54) is 24.8 Å². The Labute approximate surface area is 151 Å². The van der Waals surface area contributed by atoms with Gasteiger partial charge in [0.15, 0.2) is 0 Å². The van der Waals surface area contributed by atoms with Crippen molar-refractivity contribution in [1.29, 1.82) is 0 Å². The number of hydrogen-bond donors (Lipinski definition) is 2. The fraction of sp³-hybridized carbons (Fsp3) is 0.650. The highest BCUT2D eigenvalue weighted by Crippen LogP contribution is 2.25. The van der Waals surface area contributed by atoms with Crippen LogP contribution in [0.1, 0.15) is 50.6 Å². The van der Waals surface area contributed by atoms with Crippen LogP contribution in [-0.4, -0.2) is 49.3 Å². The molecule has 1 aromatic rings. The fourth-order valence-corrected chi connectivity index (χ4v) is 4.08. The molecule has 0 aromatic heterocycles. The van der Waals surface area contributed by atoms with Gasteiger partial charge in [0.05, 0.1) is 19.3 Å².